The van der Waals surface area contributed by atoms with Crippen molar-refractivity contribution in [2.45, 2.75) is 13.8 Å². The Morgan fingerprint density at radius 1 is 0.508 bits per heavy atom. The molecule has 306 valence electrons. The Labute approximate surface area is 391 Å². The molecule has 0 atom stereocenters. The largest absolute Gasteiger partial charge is 0.497 e. The van der Waals surface area contributed by atoms with Crippen molar-refractivity contribution in [3.63, 3.8) is 0 Å². The molecular weight excluding hydrogens is 1220 g/mol. The average Bonchev–Trinajstić information content (AvgIpc) is 3.18. The van der Waals surface area contributed by atoms with E-state index >= 15 is 0 Å². The molecule has 0 amide bonds. The van der Waals surface area contributed by atoms with Gasteiger partial charge in [0.2, 0.25) is 0 Å². The summed E-state index contributed by atoms with van der Waals surface area (Å²) in [6.45, 7) is 3.72. The quantitative estimate of drug-likeness (QED) is 0.0576. The van der Waals surface area contributed by atoms with Gasteiger partial charge in [0.1, 0.15) is 17.0 Å². The van der Waals surface area contributed by atoms with Gasteiger partial charge in [0.25, 0.3) is 0 Å². The van der Waals surface area contributed by atoms with E-state index in [-0.39, 0.29) is 11.1 Å². The maximum absolute atomic E-state index is 13.8. The van der Waals surface area contributed by atoms with Crippen molar-refractivity contribution in [1.82, 2.24) is 0 Å². The molecule has 0 radical (unpaired) electrons. The molecule has 0 aromatic heterocycles. The number of nitrogens with one attached hydrogen (secondary N) is 3. The molecule has 6 rings (SSSR count). The standard InChI is InChI=1S/C14H9F3INO2.C14H11I2NO2.C14H12INO3/c1-6-4-7(18)2-3-10(6)19-13-9(15)5-8(14(20)21)11(16)12(13)17;1-8-6-9(15)2-4-12(8)17-13-5-3-10(16)7-11(13)14(18)19;1-19-11-6-7-13(12(8-11)14(17)18)16-10-4-2-9(15)3-5-10/h2-5,19H,1H3,(H,20,21);2-7,17H,1H3,(H,18,19);2-8,16H,1H3,(H,17,18). The number of carbonyl (C=O) groups is 3. The van der Waals surface area contributed by atoms with E-state index in [0.29, 0.717) is 34.4 Å². The molecule has 0 saturated heterocycles. The molecular formula is C42H32F3I4N3O7. The van der Waals surface area contributed by atoms with E-state index < -0.39 is 46.6 Å². The second-order valence-electron chi connectivity index (χ2n) is 12.2. The van der Waals surface area contributed by atoms with Crippen molar-refractivity contribution in [1.29, 1.82) is 0 Å². The van der Waals surface area contributed by atoms with Crippen LogP contribution in [0, 0.1) is 45.6 Å². The number of carboxylic acids is 3. The van der Waals surface area contributed by atoms with Crippen LogP contribution in [0.25, 0.3) is 0 Å². The van der Waals surface area contributed by atoms with Crippen molar-refractivity contribution in [3.8, 4) is 5.75 Å². The van der Waals surface area contributed by atoms with Crippen LogP contribution in [0.1, 0.15) is 42.2 Å². The van der Waals surface area contributed by atoms with Crippen LogP contribution in [-0.4, -0.2) is 40.3 Å². The van der Waals surface area contributed by atoms with E-state index in [9.17, 15) is 37.8 Å². The highest BCUT2D eigenvalue weighted by Gasteiger charge is 2.23. The Morgan fingerprint density at radius 3 is 1.46 bits per heavy atom. The highest BCUT2D eigenvalue weighted by atomic mass is 127. The average molecular weight is 1260 g/mol. The van der Waals surface area contributed by atoms with Crippen molar-refractivity contribution in [2.24, 2.45) is 0 Å². The van der Waals surface area contributed by atoms with Crippen LogP contribution in [0.15, 0.2) is 103 Å². The zero-order valence-electron chi connectivity index (χ0n) is 30.9. The summed E-state index contributed by atoms with van der Waals surface area (Å²) in [5.41, 5.74) is 3.80. The third-order valence-corrected chi connectivity index (χ3v) is 10.8. The summed E-state index contributed by atoms with van der Waals surface area (Å²) < 4.78 is 50.4. The van der Waals surface area contributed by atoms with Gasteiger partial charge >= 0.3 is 17.9 Å². The van der Waals surface area contributed by atoms with Crippen LogP contribution >= 0.6 is 90.4 Å². The molecule has 0 aliphatic rings. The number of hydrogen-bond acceptors (Lipinski definition) is 7. The lowest BCUT2D eigenvalue weighted by atomic mass is 10.1. The van der Waals surface area contributed by atoms with E-state index in [1.54, 1.807) is 49.4 Å². The molecule has 6 aromatic carbocycles. The molecule has 0 spiro atoms. The number of anilines is 6. The van der Waals surface area contributed by atoms with E-state index in [4.69, 9.17) is 9.84 Å². The first-order chi connectivity index (χ1) is 27.9. The SMILES string of the molecule is COc1ccc(Nc2ccc(I)cc2)c(C(=O)O)c1.Cc1cc(I)ccc1Nc1c(F)cc(C(=O)O)c(F)c1F.Cc1cc(I)ccc1Nc1ccc(I)cc1C(=O)O. The van der Waals surface area contributed by atoms with Gasteiger partial charge in [-0.15, -0.1) is 0 Å². The number of benzene rings is 6. The number of hydrogen-bond donors (Lipinski definition) is 6. The van der Waals surface area contributed by atoms with Crippen LogP contribution in [-0.2, 0) is 0 Å². The Balaban J connectivity index is 0.000000196. The van der Waals surface area contributed by atoms with E-state index in [1.165, 1.54) is 13.2 Å². The summed E-state index contributed by atoms with van der Waals surface area (Å²) in [5, 5.41) is 35.9. The molecule has 0 saturated carbocycles. The molecule has 6 N–H and O–H groups in total. The maximum Gasteiger partial charge on any atom is 0.338 e. The molecule has 0 heterocycles. The molecule has 17 heteroatoms. The zero-order chi connectivity index (χ0) is 43.6. The second kappa shape index (κ2) is 21.8. The van der Waals surface area contributed by atoms with Crippen molar-refractivity contribution < 1.29 is 47.6 Å². The van der Waals surface area contributed by atoms with Gasteiger partial charge in [-0.05, 0) is 218 Å². The van der Waals surface area contributed by atoms with Crippen LogP contribution in [0.5, 0.6) is 5.75 Å². The van der Waals surface area contributed by atoms with Gasteiger partial charge in [-0.25, -0.2) is 27.6 Å². The van der Waals surface area contributed by atoms with Gasteiger partial charge in [0.15, 0.2) is 17.5 Å². The molecule has 0 aliphatic carbocycles. The van der Waals surface area contributed by atoms with Gasteiger partial charge in [0, 0.05) is 31.3 Å². The Morgan fingerprint density at radius 2 is 0.949 bits per heavy atom. The van der Waals surface area contributed by atoms with Crippen molar-refractivity contribution >= 4 is 142 Å². The predicted molar refractivity (Wildman–Crippen MR) is 256 cm³/mol. The van der Waals surface area contributed by atoms with Crippen LogP contribution in [0.2, 0.25) is 0 Å². The summed E-state index contributed by atoms with van der Waals surface area (Å²) in [7, 11) is 1.51. The normalized spacial score (nSPS) is 10.3. The molecule has 10 nitrogen and oxygen atoms in total. The van der Waals surface area contributed by atoms with Crippen molar-refractivity contribution in [2.75, 3.05) is 23.1 Å². The molecule has 0 aliphatic heterocycles. The number of aromatic carboxylic acids is 3. The van der Waals surface area contributed by atoms with Gasteiger partial charge in [-0.3, -0.25) is 0 Å². The summed E-state index contributed by atoms with van der Waals surface area (Å²) in [5.74, 6) is -7.48. The van der Waals surface area contributed by atoms with Crippen molar-refractivity contribution in [3.05, 3.63) is 163 Å². The minimum absolute atomic E-state index is 0.179. The van der Waals surface area contributed by atoms with Gasteiger partial charge < -0.3 is 36.0 Å². The van der Waals surface area contributed by atoms with Crippen LogP contribution < -0.4 is 20.7 Å². The topological polar surface area (TPSA) is 157 Å². The summed E-state index contributed by atoms with van der Waals surface area (Å²) in [6, 6.07) is 29.5. The fraction of sp³-hybridized carbons (Fsp3) is 0.0714. The first-order valence-electron chi connectivity index (χ1n) is 16.8. The zero-order valence-corrected chi connectivity index (χ0v) is 39.6. The van der Waals surface area contributed by atoms with E-state index in [2.05, 4.69) is 112 Å². The molecule has 59 heavy (non-hydrogen) atoms. The lowest BCUT2D eigenvalue weighted by Gasteiger charge is -2.13. The first-order valence-corrected chi connectivity index (χ1v) is 21.1. The Hall–Kier alpha value is -4.36. The van der Waals surface area contributed by atoms with E-state index in [0.717, 1.165) is 31.2 Å². The summed E-state index contributed by atoms with van der Waals surface area (Å²) in [6.07, 6.45) is 0. The highest BCUT2D eigenvalue weighted by molar-refractivity contribution is 14.1. The van der Waals surface area contributed by atoms with E-state index in [1.807, 2.05) is 49.4 Å². The van der Waals surface area contributed by atoms with Crippen LogP contribution in [0.3, 0.4) is 0 Å². The molecule has 6 aromatic rings. The number of aryl methyl sites for hydroxylation is 2. The lowest BCUT2D eigenvalue weighted by Crippen LogP contribution is -2.08. The van der Waals surface area contributed by atoms with Gasteiger partial charge in [0.05, 0.1) is 29.6 Å². The van der Waals surface area contributed by atoms with Gasteiger partial charge in [-0.2, -0.15) is 0 Å². The summed E-state index contributed by atoms with van der Waals surface area (Å²) in [4.78, 5) is 33.2. The minimum Gasteiger partial charge on any atom is -0.497 e. The first kappa shape index (κ1) is 47.3. The predicted octanol–water partition coefficient (Wildman–Crippen LogP) is 12.8. The molecule has 0 fully saturated rings. The minimum atomic E-state index is -1.73. The maximum atomic E-state index is 13.8. The number of halogens is 7. The third kappa shape index (κ3) is 13.3. The van der Waals surface area contributed by atoms with Crippen LogP contribution in [0.4, 0.5) is 47.3 Å². The molecule has 0 bridgehead atoms. The monoisotopic (exact) mass is 1250 g/mol. The second-order valence-corrected chi connectivity index (χ2v) is 17.2. The third-order valence-electron chi connectivity index (χ3n) is 8.09. The lowest BCUT2D eigenvalue weighted by molar-refractivity contribution is 0.0681. The number of methoxy groups -OCH3 is 1. The highest BCUT2D eigenvalue weighted by Crippen LogP contribution is 2.31. The van der Waals surface area contributed by atoms with Gasteiger partial charge in [-0.1, -0.05) is 0 Å². The molecule has 0 unspecified atom stereocenters. The Bertz CT molecular complexity index is 2530. The number of carboxylic acid groups (broad SMARTS) is 3. The number of rotatable bonds is 10. The fourth-order valence-corrected chi connectivity index (χ4v) is 7.25. The number of ether oxygens (including phenoxy) is 1. The Kier molecular flexibility index (Phi) is 17.5. The summed E-state index contributed by atoms with van der Waals surface area (Å²) >= 11 is 8.66. The smallest absolute Gasteiger partial charge is 0.338 e. The fourth-order valence-electron chi connectivity index (χ4n) is 5.11.